The summed E-state index contributed by atoms with van der Waals surface area (Å²) in [5.74, 6) is 0.440. The fourth-order valence-corrected chi connectivity index (χ4v) is 1.54. The molecule has 0 aliphatic carbocycles. The monoisotopic (exact) mass is 237 g/mol. The van der Waals surface area contributed by atoms with E-state index in [0.29, 0.717) is 11.3 Å². The number of benzene rings is 1. The number of carbonyl (C=O) groups excluding carboxylic acids is 1. The predicted octanol–water partition coefficient (Wildman–Crippen LogP) is 1.60. The van der Waals surface area contributed by atoms with Gasteiger partial charge in [-0.3, -0.25) is 4.79 Å². The zero-order valence-electron chi connectivity index (χ0n) is 10.7. The molecule has 1 aromatic rings. The second-order valence-electron chi connectivity index (χ2n) is 4.21. The van der Waals surface area contributed by atoms with Crippen molar-refractivity contribution in [3.8, 4) is 5.75 Å². The first kappa shape index (κ1) is 13.5. The molecular weight excluding hydrogens is 218 g/mol. The van der Waals surface area contributed by atoms with Crippen LogP contribution in [0.25, 0.3) is 0 Å². The number of likely N-dealkylation sites (N-methyl/N-ethyl adjacent to an activating group) is 1. The molecule has 17 heavy (non-hydrogen) atoms. The van der Waals surface area contributed by atoms with Crippen LogP contribution in [-0.4, -0.2) is 36.1 Å². The lowest BCUT2D eigenvalue weighted by atomic mass is 10.1. The van der Waals surface area contributed by atoms with Crippen molar-refractivity contribution in [1.29, 1.82) is 0 Å². The molecule has 0 spiro atoms. The van der Waals surface area contributed by atoms with Gasteiger partial charge < -0.3 is 14.7 Å². The highest BCUT2D eigenvalue weighted by Gasteiger charge is 2.18. The van der Waals surface area contributed by atoms with E-state index in [9.17, 15) is 9.90 Å². The van der Waals surface area contributed by atoms with Gasteiger partial charge in [0.25, 0.3) is 5.91 Å². The number of aliphatic hydroxyl groups is 1. The number of hydrogen-bond donors (Lipinski definition) is 1. The minimum atomic E-state index is -0.618. The Labute approximate surface area is 102 Å². The Balaban J connectivity index is 2.85. The molecule has 0 aromatic heterocycles. The van der Waals surface area contributed by atoms with Crippen molar-refractivity contribution < 1.29 is 14.6 Å². The Morgan fingerprint density at radius 3 is 2.41 bits per heavy atom. The molecule has 0 saturated heterocycles. The van der Waals surface area contributed by atoms with E-state index in [0.717, 1.165) is 0 Å². The van der Waals surface area contributed by atoms with E-state index in [1.807, 2.05) is 12.1 Å². The quantitative estimate of drug-likeness (QED) is 0.865. The highest BCUT2D eigenvalue weighted by molar-refractivity contribution is 5.80. The molecule has 0 heterocycles. The van der Waals surface area contributed by atoms with E-state index in [2.05, 4.69) is 0 Å². The molecule has 1 amide bonds. The van der Waals surface area contributed by atoms with Crippen molar-refractivity contribution in [3.63, 3.8) is 0 Å². The summed E-state index contributed by atoms with van der Waals surface area (Å²) in [7, 11) is 3.37. The third-order valence-electron chi connectivity index (χ3n) is 2.46. The highest BCUT2D eigenvalue weighted by atomic mass is 16.5. The number of amides is 1. The molecule has 0 saturated carbocycles. The van der Waals surface area contributed by atoms with Gasteiger partial charge in [-0.2, -0.15) is 0 Å². The summed E-state index contributed by atoms with van der Waals surface area (Å²) in [6.45, 7) is 3.36. The van der Waals surface area contributed by atoms with Crippen molar-refractivity contribution in [3.05, 3.63) is 29.8 Å². The lowest BCUT2D eigenvalue weighted by molar-refractivity contribution is -0.135. The average Bonchev–Trinajstić information content (AvgIpc) is 2.28. The van der Waals surface area contributed by atoms with Crippen molar-refractivity contribution in [2.75, 3.05) is 14.1 Å². The van der Waals surface area contributed by atoms with Gasteiger partial charge >= 0.3 is 0 Å². The molecule has 2 atom stereocenters. The largest absolute Gasteiger partial charge is 0.481 e. The van der Waals surface area contributed by atoms with Gasteiger partial charge in [-0.15, -0.1) is 0 Å². The van der Waals surface area contributed by atoms with Crippen molar-refractivity contribution in [1.82, 2.24) is 4.90 Å². The molecule has 1 rings (SSSR count). The van der Waals surface area contributed by atoms with Crippen molar-refractivity contribution >= 4 is 5.91 Å². The lowest BCUT2D eigenvalue weighted by Crippen LogP contribution is -2.35. The minimum absolute atomic E-state index is 0.106. The molecule has 94 valence electrons. The van der Waals surface area contributed by atoms with Crippen LogP contribution in [-0.2, 0) is 4.79 Å². The van der Waals surface area contributed by atoms with Gasteiger partial charge in [-0.1, -0.05) is 18.2 Å². The molecule has 0 fully saturated rings. The van der Waals surface area contributed by atoms with Crippen LogP contribution in [0, 0.1) is 0 Å². The first-order valence-corrected chi connectivity index (χ1v) is 5.58. The van der Waals surface area contributed by atoms with Gasteiger partial charge in [0.1, 0.15) is 5.75 Å². The summed E-state index contributed by atoms with van der Waals surface area (Å²) in [5.41, 5.74) is 0.686. The van der Waals surface area contributed by atoms with Crippen LogP contribution < -0.4 is 4.74 Å². The fraction of sp³-hybridized carbons (Fsp3) is 0.462. The molecule has 1 N–H and O–H groups in total. The maximum absolute atomic E-state index is 11.7. The summed E-state index contributed by atoms with van der Waals surface area (Å²) >= 11 is 0. The van der Waals surface area contributed by atoms with Gasteiger partial charge in [0.15, 0.2) is 6.10 Å². The van der Waals surface area contributed by atoms with Gasteiger partial charge in [0.05, 0.1) is 6.10 Å². The number of ether oxygens (including phenoxy) is 1. The summed E-state index contributed by atoms with van der Waals surface area (Å²) in [5, 5.41) is 9.59. The lowest BCUT2D eigenvalue weighted by Gasteiger charge is -2.20. The third kappa shape index (κ3) is 3.46. The normalized spacial score (nSPS) is 13.9. The van der Waals surface area contributed by atoms with Gasteiger partial charge in [-0.25, -0.2) is 0 Å². The van der Waals surface area contributed by atoms with Crippen molar-refractivity contribution in [2.24, 2.45) is 0 Å². The predicted molar refractivity (Wildman–Crippen MR) is 65.9 cm³/mol. The number of hydrogen-bond acceptors (Lipinski definition) is 3. The maximum atomic E-state index is 11.7. The molecule has 1 unspecified atom stereocenters. The second-order valence-corrected chi connectivity index (χ2v) is 4.21. The summed E-state index contributed by atoms with van der Waals surface area (Å²) in [6, 6.07) is 7.18. The zero-order valence-corrected chi connectivity index (χ0v) is 10.7. The number of aliphatic hydroxyl groups excluding tert-OH is 1. The highest BCUT2D eigenvalue weighted by Crippen LogP contribution is 2.25. The van der Waals surface area contributed by atoms with Crippen LogP contribution in [0.5, 0.6) is 5.75 Å². The summed E-state index contributed by atoms with van der Waals surface area (Å²) < 4.78 is 5.58. The van der Waals surface area contributed by atoms with Crippen LogP contribution in [0.2, 0.25) is 0 Å². The van der Waals surface area contributed by atoms with E-state index in [-0.39, 0.29) is 5.91 Å². The average molecular weight is 237 g/mol. The molecule has 0 aliphatic heterocycles. The molecule has 4 heteroatoms. The first-order valence-electron chi connectivity index (χ1n) is 5.58. The molecule has 4 nitrogen and oxygen atoms in total. The Kier molecular flexibility index (Phi) is 4.52. The Morgan fingerprint density at radius 1 is 1.29 bits per heavy atom. The third-order valence-corrected chi connectivity index (χ3v) is 2.46. The van der Waals surface area contributed by atoms with E-state index in [1.165, 1.54) is 4.90 Å². The van der Waals surface area contributed by atoms with Crippen LogP contribution in [0.15, 0.2) is 24.3 Å². The molecule has 0 aliphatic rings. The number of rotatable bonds is 4. The topological polar surface area (TPSA) is 49.8 Å². The minimum Gasteiger partial charge on any atom is -0.481 e. The number of para-hydroxylation sites is 1. The SMILES string of the molecule is CC(Oc1ccccc1[C@H](C)O)C(=O)N(C)C. The van der Waals surface area contributed by atoms with E-state index in [4.69, 9.17) is 4.74 Å². The fourth-order valence-electron chi connectivity index (χ4n) is 1.54. The molecular formula is C13H19NO3. The van der Waals surface area contributed by atoms with Gasteiger partial charge in [0.2, 0.25) is 0 Å². The van der Waals surface area contributed by atoms with E-state index >= 15 is 0 Å². The van der Waals surface area contributed by atoms with Gasteiger partial charge in [0, 0.05) is 19.7 Å². The maximum Gasteiger partial charge on any atom is 0.262 e. The first-order chi connectivity index (χ1) is 7.93. The van der Waals surface area contributed by atoms with Crippen molar-refractivity contribution in [2.45, 2.75) is 26.1 Å². The standard InChI is InChI=1S/C13H19NO3/c1-9(15)11-7-5-6-8-12(11)17-10(2)13(16)14(3)4/h5-10,15H,1-4H3/t9-,10?/m0/s1. The van der Waals surface area contributed by atoms with E-state index in [1.54, 1.807) is 40.1 Å². The number of carbonyl (C=O) groups is 1. The Bertz CT molecular complexity index is 388. The smallest absolute Gasteiger partial charge is 0.262 e. The second kappa shape index (κ2) is 5.68. The zero-order chi connectivity index (χ0) is 13.0. The molecule has 1 aromatic carbocycles. The van der Waals surface area contributed by atoms with Crippen LogP contribution in [0.3, 0.4) is 0 Å². The molecule has 0 radical (unpaired) electrons. The Hall–Kier alpha value is -1.55. The van der Waals surface area contributed by atoms with Crippen LogP contribution in [0.4, 0.5) is 0 Å². The molecule has 0 bridgehead atoms. The van der Waals surface area contributed by atoms with Crippen LogP contribution >= 0.6 is 0 Å². The van der Waals surface area contributed by atoms with Gasteiger partial charge in [-0.05, 0) is 19.9 Å². The van der Waals surface area contributed by atoms with Crippen LogP contribution in [0.1, 0.15) is 25.5 Å². The summed E-state index contributed by atoms with van der Waals surface area (Å²) in [6.07, 6.45) is -1.18. The summed E-state index contributed by atoms with van der Waals surface area (Å²) in [4.78, 5) is 13.1. The van der Waals surface area contributed by atoms with E-state index < -0.39 is 12.2 Å². The number of nitrogens with zero attached hydrogens (tertiary/aromatic N) is 1. The Morgan fingerprint density at radius 2 is 1.88 bits per heavy atom.